The highest BCUT2D eigenvalue weighted by Gasteiger charge is 2.21. The highest BCUT2D eigenvalue weighted by molar-refractivity contribution is 5.20. The molecule has 1 rings (SSSR count). The standard InChI is InChI=1S/C14H23NO2/c1-10(2)8-9-15-11(3)6-7-12(13(15)16)14(4,5)17/h6-7,10,17H,8-9H2,1-5H3. The van der Waals surface area contributed by atoms with E-state index in [1.165, 1.54) is 0 Å². The van der Waals surface area contributed by atoms with E-state index in [9.17, 15) is 9.90 Å². The van der Waals surface area contributed by atoms with Crippen molar-refractivity contribution in [2.75, 3.05) is 0 Å². The van der Waals surface area contributed by atoms with Crippen molar-refractivity contribution in [2.45, 2.75) is 53.2 Å². The maximum Gasteiger partial charge on any atom is 0.256 e. The lowest BCUT2D eigenvalue weighted by atomic mass is 9.99. The van der Waals surface area contributed by atoms with Crippen molar-refractivity contribution in [3.63, 3.8) is 0 Å². The molecule has 0 atom stereocenters. The molecule has 96 valence electrons. The van der Waals surface area contributed by atoms with Crippen LogP contribution >= 0.6 is 0 Å². The Balaban J connectivity index is 3.17. The smallest absolute Gasteiger partial charge is 0.256 e. The maximum atomic E-state index is 12.3. The Bertz CT molecular complexity index is 439. The van der Waals surface area contributed by atoms with Crippen molar-refractivity contribution >= 4 is 0 Å². The Morgan fingerprint density at radius 3 is 2.41 bits per heavy atom. The van der Waals surface area contributed by atoms with E-state index in [0.29, 0.717) is 18.0 Å². The average molecular weight is 237 g/mol. The Kier molecular flexibility index (Phi) is 4.15. The number of aliphatic hydroxyl groups is 1. The summed E-state index contributed by atoms with van der Waals surface area (Å²) in [5, 5.41) is 9.95. The normalized spacial score (nSPS) is 12.2. The van der Waals surface area contributed by atoms with Crippen LogP contribution in [0.1, 0.15) is 45.4 Å². The molecule has 0 aliphatic heterocycles. The van der Waals surface area contributed by atoms with Gasteiger partial charge in [-0.05, 0) is 45.2 Å². The monoisotopic (exact) mass is 237 g/mol. The molecule has 3 nitrogen and oxygen atoms in total. The number of pyridine rings is 1. The lowest BCUT2D eigenvalue weighted by molar-refractivity contribution is 0.0764. The molecule has 0 unspecified atom stereocenters. The lowest BCUT2D eigenvalue weighted by Gasteiger charge is -2.20. The van der Waals surface area contributed by atoms with Crippen LogP contribution in [0.2, 0.25) is 0 Å². The molecule has 0 bridgehead atoms. The first-order valence-electron chi connectivity index (χ1n) is 6.16. The quantitative estimate of drug-likeness (QED) is 0.874. The highest BCUT2D eigenvalue weighted by atomic mass is 16.3. The first kappa shape index (κ1) is 14.0. The van der Waals surface area contributed by atoms with E-state index in [0.717, 1.165) is 12.1 Å². The molecule has 0 saturated heterocycles. The molecule has 3 heteroatoms. The van der Waals surface area contributed by atoms with Crippen LogP contribution in [-0.2, 0) is 12.1 Å². The fourth-order valence-electron chi connectivity index (χ4n) is 1.80. The van der Waals surface area contributed by atoms with Crippen LogP contribution in [0.25, 0.3) is 0 Å². The number of nitrogens with zero attached hydrogens (tertiary/aromatic N) is 1. The van der Waals surface area contributed by atoms with Gasteiger partial charge in [0.05, 0.1) is 5.60 Å². The molecule has 1 aromatic rings. The van der Waals surface area contributed by atoms with Crippen LogP contribution < -0.4 is 5.56 Å². The molecule has 0 aliphatic carbocycles. The molecule has 0 aliphatic rings. The predicted molar refractivity (Wildman–Crippen MR) is 70.1 cm³/mol. The van der Waals surface area contributed by atoms with Crippen LogP contribution in [0.4, 0.5) is 0 Å². The van der Waals surface area contributed by atoms with E-state index >= 15 is 0 Å². The fraction of sp³-hybridized carbons (Fsp3) is 0.643. The van der Waals surface area contributed by atoms with Gasteiger partial charge in [0, 0.05) is 17.8 Å². The van der Waals surface area contributed by atoms with E-state index in [4.69, 9.17) is 0 Å². The minimum atomic E-state index is -1.08. The van der Waals surface area contributed by atoms with Crippen LogP contribution in [0.15, 0.2) is 16.9 Å². The van der Waals surface area contributed by atoms with Crippen molar-refractivity contribution in [3.05, 3.63) is 33.7 Å². The second kappa shape index (κ2) is 5.05. The van der Waals surface area contributed by atoms with E-state index in [-0.39, 0.29) is 5.56 Å². The highest BCUT2D eigenvalue weighted by Crippen LogP contribution is 2.16. The van der Waals surface area contributed by atoms with Gasteiger partial charge in [-0.25, -0.2) is 0 Å². The van der Waals surface area contributed by atoms with Crippen molar-refractivity contribution in [3.8, 4) is 0 Å². The Morgan fingerprint density at radius 2 is 1.94 bits per heavy atom. The maximum absolute atomic E-state index is 12.3. The SMILES string of the molecule is Cc1ccc(C(C)(C)O)c(=O)n1CCC(C)C. The van der Waals surface area contributed by atoms with Gasteiger partial charge in [0.1, 0.15) is 0 Å². The van der Waals surface area contributed by atoms with E-state index in [2.05, 4.69) is 13.8 Å². The molecule has 0 radical (unpaired) electrons. The minimum Gasteiger partial charge on any atom is -0.386 e. The molecule has 1 heterocycles. The minimum absolute atomic E-state index is 0.0712. The summed E-state index contributed by atoms with van der Waals surface area (Å²) in [6.07, 6.45) is 0.968. The van der Waals surface area contributed by atoms with Gasteiger partial charge in [-0.1, -0.05) is 13.8 Å². The van der Waals surface area contributed by atoms with Crippen LogP contribution in [-0.4, -0.2) is 9.67 Å². The largest absolute Gasteiger partial charge is 0.386 e. The molecule has 0 saturated carbocycles. The third-order valence-corrected chi connectivity index (χ3v) is 2.98. The summed E-state index contributed by atoms with van der Waals surface area (Å²) in [5.41, 5.74) is 0.262. The molecule has 0 fully saturated rings. The van der Waals surface area contributed by atoms with Gasteiger partial charge in [-0.2, -0.15) is 0 Å². The fourth-order valence-corrected chi connectivity index (χ4v) is 1.80. The summed E-state index contributed by atoms with van der Waals surface area (Å²) in [6.45, 7) is 10.2. The molecule has 17 heavy (non-hydrogen) atoms. The Morgan fingerprint density at radius 1 is 1.35 bits per heavy atom. The molecule has 0 aromatic carbocycles. The first-order chi connectivity index (χ1) is 7.73. The van der Waals surface area contributed by atoms with Gasteiger partial charge in [0.25, 0.3) is 5.56 Å². The zero-order valence-electron chi connectivity index (χ0n) is 11.4. The van der Waals surface area contributed by atoms with Gasteiger partial charge in [0.15, 0.2) is 0 Å². The van der Waals surface area contributed by atoms with Crippen molar-refractivity contribution in [2.24, 2.45) is 5.92 Å². The number of aryl methyl sites for hydroxylation is 1. The van der Waals surface area contributed by atoms with E-state index in [1.54, 1.807) is 24.5 Å². The number of hydrogen-bond donors (Lipinski definition) is 1. The van der Waals surface area contributed by atoms with Gasteiger partial charge in [0.2, 0.25) is 0 Å². The van der Waals surface area contributed by atoms with E-state index < -0.39 is 5.60 Å². The Hall–Kier alpha value is -1.09. The lowest BCUT2D eigenvalue weighted by Crippen LogP contribution is -2.33. The third-order valence-electron chi connectivity index (χ3n) is 2.98. The average Bonchev–Trinajstić information content (AvgIpc) is 2.14. The number of aromatic nitrogens is 1. The summed E-state index contributed by atoms with van der Waals surface area (Å²) in [4.78, 5) is 12.3. The van der Waals surface area contributed by atoms with E-state index in [1.807, 2.05) is 13.0 Å². The van der Waals surface area contributed by atoms with Crippen LogP contribution in [0, 0.1) is 12.8 Å². The zero-order chi connectivity index (χ0) is 13.2. The Labute approximate surface area is 103 Å². The van der Waals surface area contributed by atoms with Crippen molar-refractivity contribution in [1.82, 2.24) is 4.57 Å². The summed E-state index contributed by atoms with van der Waals surface area (Å²) in [5.74, 6) is 0.562. The predicted octanol–water partition coefficient (Wildman–Crippen LogP) is 2.43. The van der Waals surface area contributed by atoms with Gasteiger partial charge in [-0.3, -0.25) is 4.79 Å². The van der Waals surface area contributed by atoms with Gasteiger partial charge >= 0.3 is 0 Å². The molecule has 0 amide bonds. The zero-order valence-corrected chi connectivity index (χ0v) is 11.4. The second-order valence-electron chi connectivity index (χ2n) is 5.59. The molecule has 0 spiro atoms. The van der Waals surface area contributed by atoms with Crippen molar-refractivity contribution < 1.29 is 5.11 Å². The van der Waals surface area contributed by atoms with Gasteiger partial charge in [-0.15, -0.1) is 0 Å². The third kappa shape index (κ3) is 3.43. The molecular formula is C14H23NO2. The number of rotatable bonds is 4. The summed E-state index contributed by atoms with van der Waals surface area (Å²) < 4.78 is 1.76. The molecule has 1 N–H and O–H groups in total. The first-order valence-corrected chi connectivity index (χ1v) is 6.16. The molecule has 1 aromatic heterocycles. The van der Waals surface area contributed by atoms with Crippen molar-refractivity contribution in [1.29, 1.82) is 0 Å². The van der Waals surface area contributed by atoms with Crippen LogP contribution in [0.3, 0.4) is 0 Å². The summed E-state index contributed by atoms with van der Waals surface area (Å²) in [7, 11) is 0. The second-order valence-corrected chi connectivity index (χ2v) is 5.59. The summed E-state index contributed by atoms with van der Waals surface area (Å²) >= 11 is 0. The van der Waals surface area contributed by atoms with Crippen LogP contribution in [0.5, 0.6) is 0 Å². The topological polar surface area (TPSA) is 42.2 Å². The summed E-state index contributed by atoms with van der Waals surface area (Å²) in [6, 6.07) is 3.62. The van der Waals surface area contributed by atoms with Gasteiger partial charge < -0.3 is 9.67 Å². The molecular weight excluding hydrogens is 214 g/mol. The number of hydrogen-bond acceptors (Lipinski definition) is 2.